The minimum atomic E-state index is 0.394. The third kappa shape index (κ3) is 4.37. The lowest BCUT2D eigenvalue weighted by Gasteiger charge is -2.13. The average Bonchev–Trinajstić information content (AvgIpc) is 2.47. The van der Waals surface area contributed by atoms with E-state index < -0.39 is 0 Å². The highest BCUT2D eigenvalue weighted by Gasteiger charge is 2.08. The van der Waals surface area contributed by atoms with Crippen molar-refractivity contribution in [3.63, 3.8) is 0 Å². The highest BCUT2D eigenvalue weighted by Crippen LogP contribution is 2.30. The first-order valence-corrected chi connectivity index (χ1v) is 7.69. The first-order chi connectivity index (χ1) is 10.1. The van der Waals surface area contributed by atoms with Crippen LogP contribution in [0.1, 0.15) is 11.1 Å². The molecule has 0 aliphatic carbocycles. The second-order valence-electron chi connectivity index (χ2n) is 4.54. The normalized spacial score (nSPS) is 10.5. The van der Waals surface area contributed by atoms with Crippen LogP contribution < -0.4 is 14.8 Å². The molecular weight excluding hydrogens is 354 g/mol. The summed E-state index contributed by atoms with van der Waals surface area (Å²) in [6.07, 6.45) is 0. The Hall–Kier alpha value is -1.23. The van der Waals surface area contributed by atoms with Crippen LogP contribution in [0.5, 0.6) is 11.5 Å². The van der Waals surface area contributed by atoms with Gasteiger partial charge >= 0.3 is 0 Å². The number of hydrogen-bond donors (Lipinski definition) is 1. The summed E-state index contributed by atoms with van der Waals surface area (Å²) >= 11 is 9.59. The van der Waals surface area contributed by atoms with Gasteiger partial charge in [0.25, 0.3) is 0 Å². The number of rotatable bonds is 6. The number of nitrogens with one attached hydrogen (secondary N) is 1. The summed E-state index contributed by atoms with van der Waals surface area (Å²) < 4.78 is 12.1. The van der Waals surface area contributed by atoms with E-state index in [1.165, 1.54) is 0 Å². The van der Waals surface area contributed by atoms with Crippen LogP contribution in [0, 0.1) is 0 Å². The molecule has 0 heterocycles. The zero-order chi connectivity index (χ0) is 15.2. The summed E-state index contributed by atoms with van der Waals surface area (Å²) in [5.74, 6) is 1.42. The van der Waals surface area contributed by atoms with Gasteiger partial charge in [-0.05, 0) is 36.9 Å². The molecule has 0 saturated heterocycles. The van der Waals surface area contributed by atoms with Crippen molar-refractivity contribution in [1.29, 1.82) is 0 Å². The molecule has 21 heavy (non-hydrogen) atoms. The standard InChI is InChI=1S/C16H17BrClNO2/c1-19-9-11-3-6-15(20-2)16(7-11)21-10-12-4-5-13(17)8-14(12)18/h3-8,19H,9-10H2,1-2H3. The van der Waals surface area contributed by atoms with E-state index in [0.717, 1.165) is 22.1 Å². The van der Waals surface area contributed by atoms with Crippen molar-refractivity contribution in [2.24, 2.45) is 0 Å². The molecule has 5 heteroatoms. The van der Waals surface area contributed by atoms with Gasteiger partial charge in [-0.3, -0.25) is 0 Å². The zero-order valence-electron chi connectivity index (χ0n) is 12.0. The van der Waals surface area contributed by atoms with Crippen LogP contribution in [-0.4, -0.2) is 14.2 Å². The van der Waals surface area contributed by atoms with E-state index in [-0.39, 0.29) is 0 Å². The minimum absolute atomic E-state index is 0.394. The third-order valence-electron chi connectivity index (χ3n) is 3.01. The third-order valence-corrected chi connectivity index (χ3v) is 3.85. The van der Waals surface area contributed by atoms with Crippen LogP contribution in [0.25, 0.3) is 0 Å². The molecular formula is C16H17BrClNO2. The van der Waals surface area contributed by atoms with E-state index in [0.29, 0.717) is 23.1 Å². The SMILES string of the molecule is CNCc1ccc(OC)c(OCc2ccc(Br)cc2Cl)c1. The molecule has 2 aromatic carbocycles. The quantitative estimate of drug-likeness (QED) is 0.817. The van der Waals surface area contributed by atoms with Crippen molar-refractivity contribution in [2.45, 2.75) is 13.2 Å². The number of ether oxygens (including phenoxy) is 2. The van der Waals surface area contributed by atoms with Crippen molar-refractivity contribution < 1.29 is 9.47 Å². The Kier molecular flexibility index (Phi) is 5.91. The van der Waals surface area contributed by atoms with Crippen molar-refractivity contribution in [2.75, 3.05) is 14.2 Å². The van der Waals surface area contributed by atoms with Gasteiger partial charge in [-0.15, -0.1) is 0 Å². The van der Waals surface area contributed by atoms with Gasteiger partial charge in [-0.2, -0.15) is 0 Å². The zero-order valence-corrected chi connectivity index (χ0v) is 14.3. The molecule has 0 amide bonds. The van der Waals surface area contributed by atoms with Gasteiger partial charge in [0, 0.05) is 21.6 Å². The smallest absolute Gasteiger partial charge is 0.161 e. The molecule has 0 saturated carbocycles. The predicted octanol–water partition coefficient (Wildman–Crippen LogP) is 4.41. The fourth-order valence-corrected chi connectivity index (χ4v) is 2.67. The molecule has 0 radical (unpaired) electrons. The average molecular weight is 371 g/mol. The minimum Gasteiger partial charge on any atom is -0.493 e. The fourth-order valence-electron chi connectivity index (χ4n) is 1.94. The maximum absolute atomic E-state index is 6.20. The van der Waals surface area contributed by atoms with Gasteiger partial charge < -0.3 is 14.8 Å². The number of methoxy groups -OCH3 is 1. The van der Waals surface area contributed by atoms with Gasteiger partial charge in [0.2, 0.25) is 0 Å². The Bertz CT molecular complexity index is 619. The van der Waals surface area contributed by atoms with E-state index >= 15 is 0 Å². The fraction of sp³-hybridized carbons (Fsp3) is 0.250. The van der Waals surface area contributed by atoms with E-state index in [9.17, 15) is 0 Å². The molecule has 3 nitrogen and oxygen atoms in total. The highest BCUT2D eigenvalue weighted by molar-refractivity contribution is 9.10. The first kappa shape index (κ1) is 16.1. The van der Waals surface area contributed by atoms with Crippen molar-refractivity contribution in [3.05, 3.63) is 57.0 Å². The summed E-state index contributed by atoms with van der Waals surface area (Å²) in [6, 6.07) is 11.6. The topological polar surface area (TPSA) is 30.5 Å². The van der Waals surface area contributed by atoms with Crippen molar-refractivity contribution >= 4 is 27.5 Å². The Morgan fingerprint density at radius 2 is 1.95 bits per heavy atom. The number of benzene rings is 2. The molecule has 2 rings (SSSR count). The van der Waals surface area contributed by atoms with E-state index in [1.54, 1.807) is 7.11 Å². The monoisotopic (exact) mass is 369 g/mol. The van der Waals surface area contributed by atoms with Crippen LogP contribution in [0.2, 0.25) is 5.02 Å². The molecule has 0 aliphatic rings. The van der Waals surface area contributed by atoms with Crippen LogP contribution >= 0.6 is 27.5 Å². The Labute approximate surface area is 138 Å². The second kappa shape index (κ2) is 7.69. The maximum Gasteiger partial charge on any atom is 0.161 e. The Balaban J connectivity index is 2.16. The largest absolute Gasteiger partial charge is 0.493 e. The van der Waals surface area contributed by atoms with Gasteiger partial charge in [0.05, 0.1) is 7.11 Å². The van der Waals surface area contributed by atoms with E-state index in [1.807, 2.05) is 43.4 Å². The first-order valence-electron chi connectivity index (χ1n) is 6.52. The predicted molar refractivity (Wildman–Crippen MR) is 89.2 cm³/mol. The lowest BCUT2D eigenvalue weighted by molar-refractivity contribution is 0.284. The van der Waals surface area contributed by atoms with Gasteiger partial charge in [0.1, 0.15) is 6.61 Å². The lowest BCUT2D eigenvalue weighted by atomic mass is 10.2. The summed E-state index contributed by atoms with van der Waals surface area (Å²) in [5, 5.41) is 3.79. The molecule has 0 aliphatic heterocycles. The van der Waals surface area contributed by atoms with Crippen LogP contribution in [0.4, 0.5) is 0 Å². The molecule has 1 N–H and O–H groups in total. The van der Waals surface area contributed by atoms with Gasteiger partial charge in [-0.1, -0.05) is 39.7 Å². The molecule has 0 bridgehead atoms. The van der Waals surface area contributed by atoms with Crippen molar-refractivity contribution in [3.8, 4) is 11.5 Å². The molecule has 0 aromatic heterocycles. The van der Waals surface area contributed by atoms with E-state index in [2.05, 4.69) is 21.2 Å². The van der Waals surface area contributed by atoms with E-state index in [4.69, 9.17) is 21.1 Å². The molecule has 112 valence electrons. The van der Waals surface area contributed by atoms with Gasteiger partial charge in [0.15, 0.2) is 11.5 Å². The second-order valence-corrected chi connectivity index (χ2v) is 5.86. The summed E-state index contributed by atoms with van der Waals surface area (Å²) in [4.78, 5) is 0. The van der Waals surface area contributed by atoms with Gasteiger partial charge in [-0.25, -0.2) is 0 Å². The Morgan fingerprint density at radius 3 is 2.62 bits per heavy atom. The molecule has 2 aromatic rings. The van der Waals surface area contributed by atoms with Crippen LogP contribution in [0.3, 0.4) is 0 Å². The number of halogens is 2. The molecule has 0 fully saturated rings. The molecule has 0 atom stereocenters. The maximum atomic E-state index is 6.20. The van der Waals surface area contributed by atoms with Crippen LogP contribution in [0.15, 0.2) is 40.9 Å². The lowest BCUT2D eigenvalue weighted by Crippen LogP contribution is -2.06. The molecule has 0 unspecified atom stereocenters. The van der Waals surface area contributed by atoms with Crippen LogP contribution in [-0.2, 0) is 13.2 Å². The Morgan fingerprint density at radius 1 is 1.14 bits per heavy atom. The molecule has 0 spiro atoms. The van der Waals surface area contributed by atoms with Crippen molar-refractivity contribution in [1.82, 2.24) is 5.32 Å². The summed E-state index contributed by atoms with van der Waals surface area (Å²) in [7, 11) is 3.54. The summed E-state index contributed by atoms with van der Waals surface area (Å²) in [6.45, 7) is 1.17. The number of hydrogen-bond acceptors (Lipinski definition) is 3. The summed E-state index contributed by atoms with van der Waals surface area (Å²) in [5.41, 5.74) is 2.07. The highest BCUT2D eigenvalue weighted by atomic mass is 79.9.